The first-order valence-electron chi connectivity index (χ1n) is 8.89. The molecule has 2 fully saturated rings. The number of benzene rings is 1. The molecule has 1 aromatic rings. The normalized spacial score (nSPS) is 30.6. The predicted molar refractivity (Wildman–Crippen MR) is 91.3 cm³/mol. The Kier molecular flexibility index (Phi) is 4.84. The maximum absolute atomic E-state index is 13.3. The van der Waals surface area contributed by atoms with Crippen LogP contribution in [0.5, 0.6) is 0 Å². The van der Waals surface area contributed by atoms with Crippen molar-refractivity contribution in [3.8, 4) is 0 Å². The van der Waals surface area contributed by atoms with Crippen LogP contribution in [0, 0.1) is 17.7 Å². The highest BCUT2D eigenvalue weighted by atomic mass is 19.1. The summed E-state index contributed by atoms with van der Waals surface area (Å²) in [5, 5.41) is 3.24. The van der Waals surface area contributed by atoms with E-state index in [1.807, 2.05) is 6.92 Å². The number of fused-ring (bicyclic) bond motifs is 1. The van der Waals surface area contributed by atoms with Gasteiger partial charge in [0.15, 0.2) is 0 Å². The van der Waals surface area contributed by atoms with Crippen molar-refractivity contribution in [2.75, 3.05) is 13.7 Å². The molecule has 0 aromatic heterocycles. The molecule has 0 bridgehead atoms. The number of halogens is 1. The van der Waals surface area contributed by atoms with Gasteiger partial charge in [0.25, 0.3) is 0 Å². The van der Waals surface area contributed by atoms with Gasteiger partial charge in [-0.2, -0.15) is 0 Å². The second-order valence-electron chi connectivity index (χ2n) is 6.85. The number of nitrogens with zero attached hydrogens (tertiary/aromatic N) is 1. The number of ether oxygens (including phenoxy) is 1. The Labute approximate surface area is 151 Å². The van der Waals surface area contributed by atoms with E-state index in [-0.39, 0.29) is 24.2 Å². The van der Waals surface area contributed by atoms with Crippen LogP contribution in [0.25, 0.3) is 0 Å². The standard InChI is InChI=1S/C19H23FN2O4/c1-4-10-19(18(25)26-5-2)14-13(16(23)22(3)17(14)24)15(21-19)11-6-8-12(20)9-7-11/h6-9,13-15,21H,4-5,10H2,1-3H3. The molecule has 2 aliphatic rings. The smallest absolute Gasteiger partial charge is 0.327 e. The van der Waals surface area contributed by atoms with E-state index in [2.05, 4.69) is 5.32 Å². The molecule has 2 amide bonds. The number of rotatable bonds is 5. The number of hydrogen-bond acceptors (Lipinski definition) is 5. The molecule has 0 spiro atoms. The number of carbonyl (C=O) groups excluding carboxylic acids is 3. The van der Waals surface area contributed by atoms with Gasteiger partial charge in [-0.3, -0.25) is 24.6 Å². The Bertz CT molecular complexity index is 736. The summed E-state index contributed by atoms with van der Waals surface area (Å²) in [4.78, 5) is 39.5. The topological polar surface area (TPSA) is 75.7 Å². The van der Waals surface area contributed by atoms with Crippen molar-refractivity contribution in [3.63, 3.8) is 0 Å². The van der Waals surface area contributed by atoms with Crippen molar-refractivity contribution in [1.82, 2.24) is 10.2 Å². The van der Waals surface area contributed by atoms with E-state index in [4.69, 9.17) is 4.74 Å². The predicted octanol–water partition coefficient (Wildman–Crippen LogP) is 1.80. The lowest BCUT2D eigenvalue weighted by Gasteiger charge is -2.32. The Morgan fingerprint density at radius 3 is 2.46 bits per heavy atom. The molecule has 2 saturated heterocycles. The monoisotopic (exact) mass is 362 g/mol. The molecule has 0 aliphatic carbocycles. The van der Waals surface area contributed by atoms with Gasteiger partial charge in [-0.1, -0.05) is 25.5 Å². The maximum Gasteiger partial charge on any atom is 0.327 e. The van der Waals surface area contributed by atoms with E-state index in [0.29, 0.717) is 18.4 Å². The second kappa shape index (κ2) is 6.79. The van der Waals surface area contributed by atoms with Gasteiger partial charge in [0.1, 0.15) is 11.4 Å². The van der Waals surface area contributed by atoms with Gasteiger partial charge in [-0.05, 0) is 31.0 Å². The third-order valence-corrected chi connectivity index (χ3v) is 5.39. The zero-order valence-electron chi connectivity index (χ0n) is 15.1. The first-order chi connectivity index (χ1) is 12.4. The molecule has 140 valence electrons. The lowest BCUT2D eigenvalue weighted by molar-refractivity contribution is -0.156. The Balaban J connectivity index is 2.11. The summed E-state index contributed by atoms with van der Waals surface area (Å²) in [6.07, 6.45) is 1.01. The van der Waals surface area contributed by atoms with Gasteiger partial charge in [-0.15, -0.1) is 0 Å². The van der Waals surface area contributed by atoms with Crippen molar-refractivity contribution in [1.29, 1.82) is 0 Å². The van der Waals surface area contributed by atoms with Crippen LogP contribution in [0.15, 0.2) is 24.3 Å². The molecule has 6 nitrogen and oxygen atoms in total. The highest BCUT2D eigenvalue weighted by Gasteiger charge is 2.67. The van der Waals surface area contributed by atoms with Gasteiger partial charge in [0, 0.05) is 13.1 Å². The summed E-state index contributed by atoms with van der Waals surface area (Å²) >= 11 is 0. The van der Waals surface area contributed by atoms with E-state index < -0.39 is 29.4 Å². The van der Waals surface area contributed by atoms with Crippen molar-refractivity contribution in [2.45, 2.75) is 38.3 Å². The maximum atomic E-state index is 13.3. The number of imide groups is 1. The molecule has 2 heterocycles. The number of carbonyl (C=O) groups is 3. The molecule has 4 unspecified atom stereocenters. The molecule has 0 saturated carbocycles. The summed E-state index contributed by atoms with van der Waals surface area (Å²) < 4.78 is 18.6. The quantitative estimate of drug-likeness (QED) is 0.639. The molecular formula is C19H23FN2O4. The van der Waals surface area contributed by atoms with Crippen LogP contribution in [0.2, 0.25) is 0 Å². The minimum absolute atomic E-state index is 0.183. The average molecular weight is 362 g/mol. The molecule has 26 heavy (non-hydrogen) atoms. The summed E-state index contributed by atoms with van der Waals surface area (Å²) in [5.74, 6) is -3.15. The van der Waals surface area contributed by atoms with E-state index in [9.17, 15) is 18.8 Å². The van der Waals surface area contributed by atoms with E-state index in [0.717, 1.165) is 4.90 Å². The SMILES string of the molecule is CCCC1(C(=O)OCC)NC(c2ccc(F)cc2)C2C(=O)N(C)C(=O)C21. The summed E-state index contributed by atoms with van der Waals surface area (Å²) in [7, 11) is 1.44. The largest absolute Gasteiger partial charge is 0.465 e. The minimum Gasteiger partial charge on any atom is -0.465 e. The van der Waals surface area contributed by atoms with Crippen LogP contribution >= 0.6 is 0 Å². The van der Waals surface area contributed by atoms with Gasteiger partial charge in [0.05, 0.1) is 18.4 Å². The van der Waals surface area contributed by atoms with Crippen LogP contribution in [-0.4, -0.2) is 41.9 Å². The van der Waals surface area contributed by atoms with E-state index in [1.165, 1.54) is 19.2 Å². The third kappa shape index (κ3) is 2.61. The van der Waals surface area contributed by atoms with Gasteiger partial charge >= 0.3 is 5.97 Å². The molecule has 1 aromatic carbocycles. The van der Waals surface area contributed by atoms with Gasteiger partial charge in [0.2, 0.25) is 11.8 Å². The zero-order chi connectivity index (χ0) is 19.1. The fourth-order valence-electron chi connectivity index (χ4n) is 4.28. The van der Waals surface area contributed by atoms with Crippen LogP contribution in [0.4, 0.5) is 4.39 Å². The molecule has 0 radical (unpaired) electrons. The Morgan fingerprint density at radius 1 is 1.23 bits per heavy atom. The van der Waals surface area contributed by atoms with Crippen molar-refractivity contribution in [3.05, 3.63) is 35.6 Å². The first kappa shape index (κ1) is 18.5. The molecular weight excluding hydrogens is 339 g/mol. The van der Waals surface area contributed by atoms with Crippen molar-refractivity contribution >= 4 is 17.8 Å². The first-order valence-corrected chi connectivity index (χ1v) is 8.89. The van der Waals surface area contributed by atoms with Crippen molar-refractivity contribution in [2.24, 2.45) is 11.8 Å². The molecule has 3 rings (SSSR count). The fourth-order valence-corrected chi connectivity index (χ4v) is 4.28. The van der Waals surface area contributed by atoms with Gasteiger partial charge in [-0.25, -0.2) is 4.39 Å². The fraction of sp³-hybridized carbons (Fsp3) is 0.526. The molecule has 2 aliphatic heterocycles. The highest BCUT2D eigenvalue weighted by Crippen LogP contribution is 2.50. The minimum atomic E-state index is -1.26. The number of hydrogen-bond donors (Lipinski definition) is 1. The highest BCUT2D eigenvalue weighted by molar-refractivity contribution is 6.09. The Morgan fingerprint density at radius 2 is 1.88 bits per heavy atom. The Hall–Kier alpha value is -2.28. The number of nitrogens with one attached hydrogen (secondary N) is 1. The lowest BCUT2D eigenvalue weighted by atomic mass is 9.77. The van der Waals surface area contributed by atoms with Crippen LogP contribution in [0.3, 0.4) is 0 Å². The third-order valence-electron chi connectivity index (χ3n) is 5.39. The van der Waals surface area contributed by atoms with E-state index >= 15 is 0 Å². The summed E-state index contributed by atoms with van der Waals surface area (Å²) in [5.41, 5.74) is -0.591. The summed E-state index contributed by atoms with van der Waals surface area (Å²) in [6, 6.07) is 5.21. The van der Waals surface area contributed by atoms with Crippen LogP contribution < -0.4 is 5.32 Å². The number of likely N-dealkylation sites (tertiary alicyclic amines) is 1. The van der Waals surface area contributed by atoms with E-state index in [1.54, 1.807) is 19.1 Å². The second-order valence-corrected chi connectivity index (χ2v) is 6.85. The summed E-state index contributed by atoms with van der Waals surface area (Å²) in [6.45, 7) is 3.80. The zero-order valence-corrected chi connectivity index (χ0v) is 15.1. The number of esters is 1. The van der Waals surface area contributed by atoms with Crippen molar-refractivity contribution < 1.29 is 23.5 Å². The molecule has 7 heteroatoms. The molecule has 1 N–H and O–H groups in total. The number of amides is 2. The van der Waals surface area contributed by atoms with Gasteiger partial charge < -0.3 is 4.74 Å². The average Bonchev–Trinajstić information content (AvgIpc) is 3.07. The van der Waals surface area contributed by atoms with Crippen LogP contribution in [-0.2, 0) is 19.1 Å². The lowest BCUT2D eigenvalue weighted by Crippen LogP contribution is -2.56. The molecule has 4 atom stereocenters. The van der Waals surface area contributed by atoms with Crippen LogP contribution in [0.1, 0.15) is 38.3 Å².